The summed E-state index contributed by atoms with van der Waals surface area (Å²) in [5.41, 5.74) is 0. The van der Waals surface area contributed by atoms with Gasteiger partial charge >= 0.3 is 8.80 Å². The highest BCUT2D eigenvalue weighted by Gasteiger charge is 2.39. The topological polar surface area (TPSA) is 36.9 Å². The summed E-state index contributed by atoms with van der Waals surface area (Å²) >= 11 is 0. The fourth-order valence-corrected chi connectivity index (χ4v) is 8.48. The van der Waals surface area contributed by atoms with Crippen LogP contribution in [0.15, 0.2) is 0 Å². The third-order valence-electron chi connectivity index (χ3n) is 7.57. The summed E-state index contributed by atoms with van der Waals surface area (Å²) < 4.78 is 24.1. The molecule has 0 aliphatic heterocycles. The van der Waals surface area contributed by atoms with Gasteiger partial charge in [0, 0.05) is 32.5 Å². The highest BCUT2D eigenvalue weighted by Crippen LogP contribution is 2.41. The smallest absolute Gasteiger partial charge is 0.378 e. The first-order chi connectivity index (χ1) is 15.2. The van der Waals surface area contributed by atoms with Crippen molar-refractivity contribution in [2.24, 2.45) is 17.8 Å². The van der Waals surface area contributed by atoms with Crippen molar-refractivity contribution >= 4 is 8.80 Å². The first kappa shape index (κ1) is 27.3. The van der Waals surface area contributed by atoms with Gasteiger partial charge in [0.25, 0.3) is 0 Å². The summed E-state index contributed by atoms with van der Waals surface area (Å²) in [6.07, 6.45) is 18.4. The van der Waals surface area contributed by atoms with E-state index in [-0.39, 0.29) is 0 Å². The molecular formula is C26H52O4Si. The highest BCUT2D eigenvalue weighted by atomic mass is 28.4. The van der Waals surface area contributed by atoms with E-state index in [0.29, 0.717) is 25.9 Å². The van der Waals surface area contributed by atoms with Crippen molar-refractivity contribution in [3.8, 4) is 0 Å². The maximum Gasteiger partial charge on any atom is 0.501 e. The molecule has 0 atom stereocenters. The van der Waals surface area contributed by atoms with Gasteiger partial charge in [0.2, 0.25) is 0 Å². The Bertz CT molecular complexity index is 414. The maximum absolute atomic E-state index is 6.28. The van der Waals surface area contributed by atoms with Crippen molar-refractivity contribution in [1.29, 1.82) is 0 Å². The third kappa shape index (κ3) is 9.83. The predicted molar refractivity (Wildman–Crippen MR) is 131 cm³/mol. The molecule has 5 heteroatoms. The molecule has 2 fully saturated rings. The Labute approximate surface area is 194 Å². The van der Waals surface area contributed by atoms with E-state index in [0.717, 1.165) is 36.8 Å². The molecule has 0 heterocycles. The normalized spacial score (nSPS) is 27.5. The zero-order chi connectivity index (χ0) is 22.4. The minimum Gasteiger partial charge on any atom is -0.378 e. The lowest BCUT2D eigenvalue weighted by molar-refractivity contribution is 0.00424. The van der Waals surface area contributed by atoms with Crippen LogP contribution < -0.4 is 0 Å². The number of ether oxygens (including phenoxy) is 1. The molecule has 0 bridgehead atoms. The summed E-state index contributed by atoms with van der Waals surface area (Å²) in [5, 5.41) is 0. The summed E-state index contributed by atoms with van der Waals surface area (Å²) in [5.74, 6) is 2.99. The van der Waals surface area contributed by atoms with Gasteiger partial charge in [-0.1, -0.05) is 45.4 Å². The van der Waals surface area contributed by atoms with Crippen molar-refractivity contribution < 1.29 is 18.0 Å². The molecule has 31 heavy (non-hydrogen) atoms. The fourth-order valence-electron chi connectivity index (χ4n) is 5.90. The molecule has 0 aromatic heterocycles. The van der Waals surface area contributed by atoms with Crippen LogP contribution in [0.1, 0.15) is 111 Å². The Balaban J connectivity index is 1.60. The first-order valence-electron chi connectivity index (χ1n) is 13.7. The van der Waals surface area contributed by atoms with E-state index in [1.54, 1.807) is 0 Å². The molecule has 0 unspecified atom stereocenters. The van der Waals surface area contributed by atoms with Gasteiger partial charge in [-0.05, 0) is 83.5 Å². The number of hydrogen-bond acceptors (Lipinski definition) is 4. The summed E-state index contributed by atoms with van der Waals surface area (Å²) in [7, 11) is -2.51. The second-order valence-electron chi connectivity index (χ2n) is 9.77. The van der Waals surface area contributed by atoms with Crippen LogP contribution in [0.25, 0.3) is 0 Å². The van der Waals surface area contributed by atoms with Crippen LogP contribution in [0.2, 0.25) is 6.04 Å². The van der Waals surface area contributed by atoms with Gasteiger partial charge in [0.05, 0.1) is 6.10 Å². The van der Waals surface area contributed by atoms with Gasteiger partial charge in [0.15, 0.2) is 0 Å². The molecule has 0 aromatic carbocycles. The molecule has 0 radical (unpaired) electrons. The lowest BCUT2D eigenvalue weighted by Gasteiger charge is -2.38. The number of rotatable bonds is 16. The summed E-state index contributed by atoms with van der Waals surface area (Å²) in [6, 6.07) is 0.860. The first-order valence-corrected chi connectivity index (χ1v) is 15.6. The molecule has 0 spiro atoms. The maximum atomic E-state index is 6.28. The Morgan fingerprint density at radius 1 is 0.645 bits per heavy atom. The van der Waals surface area contributed by atoms with E-state index in [1.165, 1.54) is 77.0 Å². The Hall–Kier alpha value is 0.0569. The second-order valence-corrected chi connectivity index (χ2v) is 12.5. The quantitative estimate of drug-likeness (QED) is 0.179. The van der Waals surface area contributed by atoms with Gasteiger partial charge < -0.3 is 18.0 Å². The van der Waals surface area contributed by atoms with Crippen LogP contribution in [-0.2, 0) is 18.0 Å². The molecule has 2 aliphatic rings. The Morgan fingerprint density at radius 2 is 1.19 bits per heavy atom. The minimum absolute atomic E-state index is 0.462. The average Bonchev–Trinajstić information content (AvgIpc) is 2.78. The largest absolute Gasteiger partial charge is 0.501 e. The van der Waals surface area contributed by atoms with Crippen LogP contribution in [0.3, 0.4) is 0 Å². The summed E-state index contributed by atoms with van der Waals surface area (Å²) in [6.45, 7) is 11.1. The van der Waals surface area contributed by atoms with Crippen LogP contribution >= 0.6 is 0 Å². The van der Waals surface area contributed by atoms with Gasteiger partial charge in [-0.2, -0.15) is 0 Å². The van der Waals surface area contributed by atoms with Crippen molar-refractivity contribution in [3.63, 3.8) is 0 Å². The van der Waals surface area contributed by atoms with E-state index in [1.807, 2.05) is 20.8 Å². The van der Waals surface area contributed by atoms with Crippen molar-refractivity contribution in [2.45, 2.75) is 123 Å². The Kier molecular flexibility index (Phi) is 13.9. The van der Waals surface area contributed by atoms with Crippen molar-refractivity contribution in [2.75, 3.05) is 26.4 Å². The molecule has 184 valence electrons. The zero-order valence-corrected chi connectivity index (χ0v) is 22.2. The van der Waals surface area contributed by atoms with Gasteiger partial charge in [-0.25, -0.2) is 0 Å². The van der Waals surface area contributed by atoms with E-state index in [4.69, 9.17) is 18.0 Å². The van der Waals surface area contributed by atoms with Gasteiger partial charge in [-0.15, -0.1) is 0 Å². The molecule has 2 rings (SSSR count). The van der Waals surface area contributed by atoms with E-state index in [2.05, 4.69) is 6.92 Å². The van der Waals surface area contributed by atoms with Crippen molar-refractivity contribution in [1.82, 2.24) is 0 Å². The lowest BCUT2D eigenvalue weighted by Crippen LogP contribution is -2.46. The molecule has 0 saturated heterocycles. The van der Waals surface area contributed by atoms with Crippen LogP contribution in [0.4, 0.5) is 0 Å². The standard InChI is InChI=1S/C26H52O4Si/c1-5-9-10-12-23-13-15-24(16-14-23)25-17-19-26(20-18-25)27-21-11-22-31(28-6-2,29-7-3)30-8-4/h23-26H,5-22H2,1-4H3/t23-,24-,25-,26-. The predicted octanol–water partition coefficient (Wildman–Crippen LogP) is 7.39. The zero-order valence-electron chi connectivity index (χ0n) is 21.2. The highest BCUT2D eigenvalue weighted by molar-refractivity contribution is 6.60. The van der Waals surface area contributed by atoms with Crippen LogP contribution in [0.5, 0.6) is 0 Å². The molecule has 2 aliphatic carbocycles. The molecular weight excluding hydrogens is 404 g/mol. The fraction of sp³-hybridized carbons (Fsp3) is 1.00. The van der Waals surface area contributed by atoms with Crippen LogP contribution in [0, 0.1) is 17.8 Å². The SMILES string of the molecule is CCCCC[C@H]1CC[C@H]([C@H]2CC[C@H](OCCC[Si](OCC)(OCC)OCC)CC2)CC1. The van der Waals surface area contributed by atoms with E-state index in [9.17, 15) is 0 Å². The molecule has 2 saturated carbocycles. The van der Waals surface area contributed by atoms with E-state index < -0.39 is 8.80 Å². The van der Waals surface area contributed by atoms with Gasteiger partial charge in [0.1, 0.15) is 0 Å². The number of unbranched alkanes of at least 4 members (excludes halogenated alkanes) is 2. The lowest BCUT2D eigenvalue weighted by atomic mass is 9.70. The Morgan fingerprint density at radius 3 is 1.71 bits per heavy atom. The molecule has 4 nitrogen and oxygen atoms in total. The monoisotopic (exact) mass is 456 g/mol. The number of hydrogen-bond donors (Lipinski definition) is 0. The molecule has 0 amide bonds. The molecule has 0 N–H and O–H groups in total. The second kappa shape index (κ2) is 15.8. The van der Waals surface area contributed by atoms with Crippen LogP contribution in [-0.4, -0.2) is 41.3 Å². The van der Waals surface area contributed by atoms with Crippen molar-refractivity contribution in [3.05, 3.63) is 0 Å². The minimum atomic E-state index is -2.51. The van der Waals surface area contributed by atoms with Gasteiger partial charge in [-0.3, -0.25) is 0 Å². The van der Waals surface area contributed by atoms with E-state index >= 15 is 0 Å². The summed E-state index contributed by atoms with van der Waals surface area (Å²) in [4.78, 5) is 0. The molecule has 0 aromatic rings. The third-order valence-corrected chi connectivity index (χ3v) is 10.7. The average molecular weight is 457 g/mol.